The first-order chi connectivity index (χ1) is 13.8. The molecule has 1 aromatic carbocycles. The number of hydrogen-bond donors (Lipinski definition) is 1. The van der Waals surface area contributed by atoms with Gasteiger partial charge in [-0.15, -0.1) is 0 Å². The molecule has 1 aromatic rings. The third-order valence-electron chi connectivity index (χ3n) is 5.61. The van der Waals surface area contributed by atoms with Gasteiger partial charge in [-0.25, -0.2) is 0 Å². The van der Waals surface area contributed by atoms with Gasteiger partial charge in [-0.3, -0.25) is 14.9 Å². The van der Waals surface area contributed by atoms with Crippen LogP contribution >= 0.6 is 34.8 Å². The summed E-state index contributed by atoms with van der Waals surface area (Å²) in [6.45, 7) is 2.55. The molecule has 1 amide bonds. The van der Waals surface area contributed by atoms with E-state index in [4.69, 9.17) is 39.5 Å². The molecule has 29 heavy (non-hydrogen) atoms. The first-order valence-corrected chi connectivity index (χ1v) is 10.9. The Kier molecular flexibility index (Phi) is 7.62. The standard InChI is InChI=1S/C19H24Cl3N3O4/c20-19(21,22)18(23-17(26)14-7-1-2-9-16(14)25(27)28)29-12-13-6-5-11-24-10-4-3-8-15(13)24/h1-2,7,9,13,15,18H,3-6,8,10-12H2,(H,23,26)/t13-,15+,18-/m1/s1. The number of para-hydroxylation sites is 1. The number of piperidine rings is 2. The number of benzene rings is 1. The molecule has 0 saturated carbocycles. The van der Waals surface area contributed by atoms with Crippen LogP contribution in [0.1, 0.15) is 42.5 Å². The van der Waals surface area contributed by atoms with E-state index in [1.807, 2.05) is 0 Å². The molecule has 0 spiro atoms. The highest BCUT2D eigenvalue weighted by Crippen LogP contribution is 2.35. The number of hydrogen-bond acceptors (Lipinski definition) is 5. The van der Waals surface area contributed by atoms with Crippen molar-refractivity contribution in [2.24, 2.45) is 5.92 Å². The van der Waals surface area contributed by atoms with Crippen molar-refractivity contribution < 1.29 is 14.5 Å². The number of rotatable bonds is 6. The minimum absolute atomic E-state index is 0.114. The van der Waals surface area contributed by atoms with E-state index in [1.165, 1.54) is 37.1 Å². The van der Waals surface area contributed by atoms with Gasteiger partial charge in [0.05, 0.1) is 11.5 Å². The molecule has 0 radical (unpaired) electrons. The molecule has 3 rings (SSSR count). The molecular weight excluding hydrogens is 441 g/mol. The van der Waals surface area contributed by atoms with E-state index in [1.54, 1.807) is 0 Å². The van der Waals surface area contributed by atoms with E-state index in [9.17, 15) is 14.9 Å². The number of nitrogens with one attached hydrogen (secondary N) is 1. The Morgan fingerprint density at radius 3 is 2.69 bits per heavy atom. The zero-order chi connectivity index (χ0) is 21.0. The van der Waals surface area contributed by atoms with Crippen LogP contribution in [0.2, 0.25) is 0 Å². The molecule has 160 valence electrons. The van der Waals surface area contributed by atoms with Crippen molar-refractivity contribution in [1.82, 2.24) is 10.2 Å². The van der Waals surface area contributed by atoms with Crippen molar-refractivity contribution in [3.8, 4) is 0 Å². The molecule has 2 fully saturated rings. The molecule has 0 aliphatic carbocycles. The Morgan fingerprint density at radius 2 is 1.97 bits per heavy atom. The molecule has 2 heterocycles. The molecule has 2 aliphatic rings. The minimum Gasteiger partial charge on any atom is -0.354 e. The number of alkyl halides is 3. The maximum absolute atomic E-state index is 12.6. The highest BCUT2D eigenvalue weighted by atomic mass is 35.6. The molecule has 10 heteroatoms. The summed E-state index contributed by atoms with van der Waals surface area (Å²) in [5, 5.41) is 13.7. The van der Waals surface area contributed by atoms with Crippen LogP contribution in [0.15, 0.2) is 24.3 Å². The van der Waals surface area contributed by atoms with E-state index in [2.05, 4.69) is 10.2 Å². The fraction of sp³-hybridized carbons (Fsp3) is 0.632. The first-order valence-electron chi connectivity index (χ1n) is 9.74. The van der Waals surface area contributed by atoms with Gasteiger partial charge >= 0.3 is 0 Å². The van der Waals surface area contributed by atoms with Crippen molar-refractivity contribution >= 4 is 46.4 Å². The van der Waals surface area contributed by atoms with Gasteiger partial charge in [0.2, 0.25) is 3.79 Å². The van der Waals surface area contributed by atoms with E-state index in [0.717, 1.165) is 32.4 Å². The van der Waals surface area contributed by atoms with E-state index in [0.29, 0.717) is 18.6 Å². The summed E-state index contributed by atoms with van der Waals surface area (Å²) >= 11 is 18.1. The van der Waals surface area contributed by atoms with Crippen LogP contribution in [-0.2, 0) is 4.74 Å². The summed E-state index contributed by atoms with van der Waals surface area (Å²) in [7, 11) is 0. The van der Waals surface area contributed by atoms with Crippen molar-refractivity contribution in [1.29, 1.82) is 0 Å². The zero-order valence-electron chi connectivity index (χ0n) is 15.9. The number of carbonyl (C=O) groups excluding carboxylic acids is 1. The summed E-state index contributed by atoms with van der Waals surface area (Å²) in [6.07, 6.45) is 4.41. The van der Waals surface area contributed by atoms with Gasteiger partial charge in [0.15, 0.2) is 6.23 Å². The van der Waals surface area contributed by atoms with Gasteiger partial charge in [-0.05, 0) is 50.8 Å². The number of fused-ring (bicyclic) bond motifs is 1. The lowest BCUT2D eigenvalue weighted by atomic mass is 9.84. The average molecular weight is 465 g/mol. The summed E-state index contributed by atoms with van der Waals surface area (Å²) in [5.41, 5.74) is -0.435. The lowest BCUT2D eigenvalue weighted by molar-refractivity contribution is -0.385. The predicted octanol–water partition coefficient (Wildman–Crippen LogP) is 4.30. The maximum atomic E-state index is 12.6. The van der Waals surface area contributed by atoms with Crippen LogP contribution in [-0.4, -0.2) is 51.5 Å². The number of carbonyl (C=O) groups is 1. The van der Waals surface area contributed by atoms with Crippen molar-refractivity contribution in [3.63, 3.8) is 0 Å². The normalized spacial score (nSPS) is 23.8. The Balaban J connectivity index is 1.67. The fourth-order valence-corrected chi connectivity index (χ4v) is 4.58. The van der Waals surface area contributed by atoms with Gasteiger partial charge < -0.3 is 15.0 Å². The predicted molar refractivity (Wildman–Crippen MR) is 113 cm³/mol. The van der Waals surface area contributed by atoms with Crippen LogP contribution in [0, 0.1) is 16.0 Å². The monoisotopic (exact) mass is 463 g/mol. The highest BCUT2D eigenvalue weighted by Gasteiger charge is 2.39. The summed E-state index contributed by atoms with van der Waals surface area (Å²) in [4.78, 5) is 25.7. The first kappa shape index (κ1) is 22.6. The molecular formula is C19H24Cl3N3O4. The Hall–Kier alpha value is -1.12. The Labute approximate surface area is 184 Å². The van der Waals surface area contributed by atoms with Crippen LogP contribution in [0.25, 0.3) is 0 Å². The smallest absolute Gasteiger partial charge is 0.282 e. The maximum Gasteiger partial charge on any atom is 0.282 e. The van der Waals surface area contributed by atoms with Gasteiger partial charge in [-0.2, -0.15) is 0 Å². The Bertz CT molecular complexity index is 742. The number of nitro groups is 1. The lowest BCUT2D eigenvalue weighted by Crippen LogP contribution is -2.51. The van der Waals surface area contributed by atoms with Crippen LogP contribution in [0.5, 0.6) is 0 Å². The number of nitrogens with zero attached hydrogens (tertiary/aromatic N) is 2. The molecule has 2 saturated heterocycles. The molecule has 0 aromatic heterocycles. The average Bonchev–Trinajstić information content (AvgIpc) is 2.70. The Morgan fingerprint density at radius 1 is 1.24 bits per heavy atom. The van der Waals surface area contributed by atoms with Gasteiger partial charge in [-0.1, -0.05) is 53.4 Å². The van der Waals surface area contributed by atoms with Gasteiger partial charge in [0, 0.05) is 12.1 Å². The highest BCUT2D eigenvalue weighted by molar-refractivity contribution is 6.68. The SMILES string of the molecule is O=C(N[C@H](OC[C@H]1CCCN2CCCC[C@@H]12)C(Cl)(Cl)Cl)c1ccccc1[N+](=O)[O-]. The second-order valence-corrected chi connectivity index (χ2v) is 9.87. The van der Waals surface area contributed by atoms with Crippen molar-refractivity contribution in [2.75, 3.05) is 19.7 Å². The van der Waals surface area contributed by atoms with Crippen molar-refractivity contribution in [2.45, 2.75) is 48.2 Å². The van der Waals surface area contributed by atoms with Crippen LogP contribution < -0.4 is 5.32 Å². The number of amides is 1. The minimum atomic E-state index is -1.92. The molecule has 0 unspecified atom stereocenters. The fourth-order valence-electron chi connectivity index (χ4n) is 4.23. The number of halogens is 3. The second-order valence-electron chi connectivity index (χ2n) is 7.50. The van der Waals surface area contributed by atoms with E-state index < -0.39 is 20.9 Å². The lowest BCUT2D eigenvalue weighted by Gasteiger charge is -2.44. The summed E-state index contributed by atoms with van der Waals surface area (Å²) in [6, 6.07) is 6.06. The number of nitro benzene ring substituents is 1. The van der Waals surface area contributed by atoms with Gasteiger partial charge in [0.25, 0.3) is 11.6 Å². The second kappa shape index (κ2) is 9.79. The van der Waals surface area contributed by atoms with Crippen LogP contribution in [0.3, 0.4) is 0 Å². The third kappa shape index (κ3) is 5.73. The largest absolute Gasteiger partial charge is 0.354 e. The quantitative estimate of drug-likeness (QED) is 0.294. The van der Waals surface area contributed by atoms with Crippen LogP contribution in [0.4, 0.5) is 5.69 Å². The summed E-state index contributed by atoms with van der Waals surface area (Å²) in [5.74, 6) is -0.432. The molecule has 0 bridgehead atoms. The van der Waals surface area contributed by atoms with Crippen molar-refractivity contribution in [3.05, 3.63) is 39.9 Å². The van der Waals surface area contributed by atoms with E-state index in [-0.39, 0.29) is 11.3 Å². The third-order valence-corrected chi connectivity index (χ3v) is 6.21. The molecule has 7 nitrogen and oxygen atoms in total. The molecule has 1 N–H and O–H groups in total. The molecule has 3 atom stereocenters. The zero-order valence-corrected chi connectivity index (χ0v) is 18.1. The summed E-state index contributed by atoms with van der Waals surface area (Å²) < 4.78 is 3.95. The molecule has 2 aliphatic heterocycles. The topological polar surface area (TPSA) is 84.7 Å². The number of ether oxygens (including phenoxy) is 1. The van der Waals surface area contributed by atoms with E-state index >= 15 is 0 Å². The van der Waals surface area contributed by atoms with Gasteiger partial charge in [0.1, 0.15) is 5.56 Å².